The van der Waals surface area contributed by atoms with Gasteiger partial charge in [-0.2, -0.15) is 0 Å². The van der Waals surface area contributed by atoms with Gasteiger partial charge in [0.05, 0.1) is 5.41 Å². The maximum Gasteiger partial charge on any atom is 0.310 e. The van der Waals surface area contributed by atoms with Gasteiger partial charge in [0.25, 0.3) is 0 Å². The molecule has 0 amide bonds. The predicted octanol–water partition coefficient (Wildman–Crippen LogP) is 6.19. The first-order chi connectivity index (χ1) is 10.1. The van der Waals surface area contributed by atoms with Gasteiger partial charge in [-0.25, -0.2) is 0 Å². The second-order valence-electron chi connectivity index (χ2n) is 7.22. The van der Waals surface area contributed by atoms with Gasteiger partial charge in [-0.15, -0.1) is 0 Å². The maximum absolute atomic E-state index is 12.0. The Morgan fingerprint density at radius 1 is 0.810 bits per heavy atom. The van der Waals surface area contributed by atoms with Crippen LogP contribution in [0.2, 0.25) is 0 Å². The van der Waals surface area contributed by atoms with Gasteiger partial charge >= 0.3 is 5.97 Å². The average molecular weight is 296 g/mol. The summed E-state index contributed by atoms with van der Waals surface area (Å²) >= 11 is 0. The lowest BCUT2D eigenvalue weighted by Crippen LogP contribution is -2.24. The fourth-order valence-electron chi connectivity index (χ4n) is 4.18. The van der Waals surface area contributed by atoms with E-state index in [1.807, 2.05) is 0 Å². The summed E-state index contributed by atoms with van der Waals surface area (Å²) < 4.78 is 0. The zero-order valence-corrected chi connectivity index (χ0v) is 14.5. The molecule has 0 spiro atoms. The molecular formula is C19H36O2. The summed E-state index contributed by atoms with van der Waals surface area (Å²) in [6.07, 6.45) is 15.0. The number of hydrogen-bond acceptors (Lipinski definition) is 1. The molecule has 0 radical (unpaired) electrons. The molecule has 2 nitrogen and oxygen atoms in total. The van der Waals surface area contributed by atoms with Gasteiger partial charge in [0.2, 0.25) is 0 Å². The Hall–Kier alpha value is -0.530. The summed E-state index contributed by atoms with van der Waals surface area (Å²) in [6, 6.07) is 0. The Labute approximate surface area is 131 Å². The molecule has 2 heteroatoms. The Balaban J connectivity index is 2.68. The van der Waals surface area contributed by atoms with Gasteiger partial charge in [0.15, 0.2) is 0 Å². The van der Waals surface area contributed by atoms with E-state index in [9.17, 15) is 9.90 Å². The summed E-state index contributed by atoms with van der Waals surface area (Å²) in [6.45, 7) is 6.64. The second-order valence-corrected chi connectivity index (χ2v) is 7.22. The highest BCUT2D eigenvalue weighted by Gasteiger charge is 2.69. The van der Waals surface area contributed by atoms with Gasteiger partial charge < -0.3 is 5.11 Å². The molecule has 1 rings (SSSR count). The van der Waals surface area contributed by atoms with Crippen molar-refractivity contribution in [2.75, 3.05) is 0 Å². The Morgan fingerprint density at radius 2 is 1.24 bits per heavy atom. The highest BCUT2D eigenvalue weighted by molar-refractivity contribution is 5.80. The Kier molecular flexibility index (Phi) is 7.76. The molecule has 0 bridgehead atoms. The van der Waals surface area contributed by atoms with E-state index >= 15 is 0 Å². The van der Waals surface area contributed by atoms with E-state index in [1.165, 1.54) is 51.4 Å². The smallest absolute Gasteiger partial charge is 0.310 e. The van der Waals surface area contributed by atoms with Crippen LogP contribution in [0.1, 0.15) is 104 Å². The number of carboxylic acid groups (broad SMARTS) is 1. The summed E-state index contributed by atoms with van der Waals surface area (Å²) in [4.78, 5) is 12.0. The molecule has 1 fully saturated rings. The van der Waals surface area contributed by atoms with E-state index in [4.69, 9.17) is 0 Å². The Morgan fingerprint density at radius 3 is 1.62 bits per heavy atom. The number of aliphatic carboxylic acids is 1. The lowest BCUT2D eigenvalue weighted by Gasteiger charge is -2.23. The van der Waals surface area contributed by atoms with E-state index in [0.29, 0.717) is 0 Å². The molecule has 0 aliphatic heterocycles. The number of rotatable bonds is 13. The summed E-state index contributed by atoms with van der Waals surface area (Å²) in [5.74, 6) is -0.508. The predicted molar refractivity (Wildman–Crippen MR) is 89.5 cm³/mol. The molecule has 0 aromatic carbocycles. The minimum atomic E-state index is -0.508. The monoisotopic (exact) mass is 296 g/mol. The van der Waals surface area contributed by atoms with Crippen molar-refractivity contribution in [2.24, 2.45) is 10.8 Å². The lowest BCUT2D eigenvalue weighted by molar-refractivity contribution is -0.145. The number of hydrogen-bond donors (Lipinski definition) is 1. The van der Waals surface area contributed by atoms with Crippen molar-refractivity contribution >= 4 is 5.97 Å². The third kappa shape index (κ3) is 4.47. The molecule has 0 aromatic heterocycles. The number of carbonyl (C=O) groups is 1. The van der Waals surface area contributed by atoms with Crippen molar-refractivity contribution in [2.45, 2.75) is 104 Å². The minimum absolute atomic E-state index is 0.136. The largest absolute Gasteiger partial charge is 0.481 e. The first kappa shape index (κ1) is 18.5. The number of carboxylic acids is 1. The van der Waals surface area contributed by atoms with E-state index in [0.717, 1.165) is 32.1 Å². The molecular weight excluding hydrogens is 260 g/mol. The molecule has 1 aliphatic rings. The minimum Gasteiger partial charge on any atom is -0.481 e. The summed E-state index contributed by atoms with van der Waals surface area (Å²) in [7, 11) is 0. The second kappa shape index (κ2) is 8.80. The summed E-state index contributed by atoms with van der Waals surface area (Å²) in [5, 5.41) is 9.85. The van der Waals surface area contributed by atoms with Crippen LogP contribution in [0.5, 0.6) is 0 Å². The van der Waals surface area contributed by atoms with Crippen molar-refractivity contribution < 1.29 is 9.90 Å². The molecule has 1 saturated carbocycles. The van der Waals surface area contributed by atoms with Gasteiger partial charge in [0, 0.05) is 0 Å². The van der Waals surface area contributed by atoms with E-state index in [1.54, 1.807) is 0 Å². The topological polar surface area (TPSA) is 37.3 Å². The highest BCUT2D eigenvalue weighted by atomic mass is 16.4. The molecule has 1 N–H and O–H groups in total. The fraction of sp³-hybridized carbons (Fsp3) is 0.947. The maximum atomic E-state index is 12.0. The molecule has 0 saturated heterocycles. The van der Waals surface area contributed by atoms with Crippen molar-refractivity contribution in [1.82, 2.24) is 0 Å². The van der Waals surface area contributed by atoms with Crippen molar-refractivity contribution in [3.63, 3.8) is 0 Å². The zero-order valence-electron chi connectivity index (χ0n) is 14.5. The lowest BCUT2D eigenvalue weighted by atomic mass is 9.81. The van der Waals surface area contributed by atoms with Crippen molar-refractivity contribution in [3.8, 4) is 0 Å². The molecule has 21 heavy (non-hydrogen) atoms. The van der Waals surface area contributed by atoms with E-state index in [-0.39, 0.29) is 10.8 Å². The normalized spacial score (nSPS) is 23.2. The van der Waals surface area contributed by atoms with Crippen LogP contribution in [-0.4, -0.2) is 11.1 Å². The summed E-state index contributed by atoms with van der Waals surface area (Å²) in [5.41, 5.74) is -0.236. The van der Waals surface area contributed by atoms with Crippen LogP contribution in [0.3, 0.4) is 0 Å². The van der Waals surface area contributed by atoms with Gasteiger partial charge in [0.1, 0.15) is 0 Å². The van der Waals surface area contributed by atoms with Gasteiger partial charge in [-0.3, -0.25) is 4.79 Å². The fourth-order valence-corrected chi connectivity index (χ4v) is 4.18. The first-order valence-electron chi connectivity index (χ1n) is 9.32. The van der Waals surface area contributed by atoms with Gasteiger partial charge in [-0.1, -0.05) is 78.6 Å². The van der Waals surface area contributed by atoms with Crippen molar-refractivity contribution in [3.05, 3.63) is 0 Å². The molecule has 1 aliphatic carbocycles. The standard InChI is InChI=1S/C19H36O2/c1-4-7-10-13-18(14-11-8-5-2)16-19(18,17(20)21)15-12-9-6-3/h4-16H2,1-3H3,(H,20,21). The SMILES string of the molecule is CCCCCC1(CCCCC)CC1(CCCCC)C(=O)O. The van der Waals surface area contributed by atoms with Crippen LogP contribution in [-0.2, 0) is 4.79 Å². The van der Waals surface area contributed by atoms with Crippen LogP contribution in [0.25, 0.3) is 0 Å². The van der Waals surface area contributed by atoms with Crippen LogP contribution < -0.4 is 0 Å². The van der Waals surface area contributed by atoms with Crippen LogP contribution in [0.4, 0.5) is 0 Å². The Bertz CT molecular complexity index is 301. The molecule has 124 valence electrons. The third-order valence-corrected chi connectivity index (χ3v) is 5.66. The van der Waals surface area contributed by atoms with Crippen molar-refractivity contribution in [1.29, 1.82) is 0 Å². The molecule has 1 unspecified atom stereocenters. The highest BCUT2D eigenvalue weighted by Crippen LogP contribution is 2.71. The van der Waals surface area contributed by atoms with Gasteiger partial charge in [-0.05, 0) is 31.1 Å². The van der Waals surface area contributed by atoms with Crippen LogP contribution >= 0.6 is 0 Å². The molecule has 0 aromatic rings. The average Bonchev–Trinajstić information content (AvgIpc) is 3.09. The van der Waals surface area contributed by atoms with Crippen LogP contribution in [0.15, 0.2) is 0 Å². The first-order valence-corrected chi connectivity index (χ1v) is 9.32. The number of unbranched alkanes of at least 4 members (excludes halogenated alkanes) is 6. The van der Waals surface area contributed by atoms with Crippen LogP contribution in [0, 0.1) is 10.8 Å². The quantitative estimate of drug-likeness (QED) is 0.411. The third-order valence-electron chi connectivity index (χ3n) is 5.66. The van der Waals surface area contributed by atoms with E-state index < -0.39 is 5.97 Å². The zero-order chi connectivity index (χ0) is 15.8. The van der Waals surface area contributed by atoms with E-state index in [2.05, 4.69) is 20.8 Å². The molecule has 1 atom stereocenters. The molecule has 0 heterocycles.